The Hall–Kier alpha value is -2.41. The Balaban J connectivity index is 1.56. The molecule has 1 aromatic heterocycles. The van der Waals surface area contributed by atoms with Crippen LogP contribution in [0.1, 0.15) is 17.9 Å². The second kappa shape index (κ2) is 7.00. The van der Waals surface area contributed by atoms with Gasteiger partial charge in [-0.05, 0) is 33.0 Å². The van der Waals surface area contributed by atoms with Gasteiger partial charge in [-0.3, -0.25) is 0 Å². The zero-order chi connectivity index (χ0) is 17.1. The molecule has 1 aromatic carbocycles. The second-order valence-corrected chi connectivity index (χ2v) is 6.36. The lowest BCUT2D eigenvalue weighted by Crippen LogP contribution is -2.44. The van der Waals surface area contributed by atoms with Crippen molar-refractivity contribution in [2.24, 2.45) is 0 Å². The van der Waals surface area contributed by atoms with Crippen LogP contribution in [-0.4, -0.2) is 59.2 Å². The molecule has 7 nitrogen and oxygen atoms in total. The molecule has 1 aliphatic heterocycles. The fraction of sp³-hybridized carbons (Fsp3) is 0.471. The molecule has 0 saturated carbocycles. The molecule has 1 atom stereocenters. The van der Waals surface area contributed by atoms with E-state index in [0.717, 1.165) is 30.6 Å². The van der Waals surface area contributed by atoms with Crippen LogP contribution in [0, 0.1) is 6.92 Å². The van der Waals surface area contributed by atoms with E-state index in [4.69, 9.17) is 4.52 Å². The Bertz CT molecular complexity index is 715. The highest BCUT2D eigenvalue weighted by Crippen LogP contribution is 2.17. The predicted molar refractivity (Wildman–Crippen MR) is 90.4 cm³/mol. The van der Waals surface area contributed by atoms with Crippen molar-refractivity contribution in [1.82, 2.24) is 25.3 Å². The molecular formula is C17H23N5O2. The number of likely N-dealkylation sites (tertiary alicyclic amines) is 1. The number of rotatable bonds is 4. The molecule has 1 fully saturated rings. The van der Waals surface area contributed by atoms with Crippen LogP contribution in [0.15, 0.2) is 28.8 Å². The summed E-state index contributed by atoms with van der Waals surface area (Å²) in [6.45, 7) is 4.17. The van der Waals surface area contributed by atoms with Gasteiger partial charge in [-0.2, -0.15) is 4.98 Å². The van der Waals surface area contributed by atoms with Gasteiger partial charge in [0.05, 0.1) is 6.54 Å². The van der Waals surface area contributed by atoms with Gasteiger partial charge in [-0.25, -0.2) is 4.79 Å². The van der Waals surface area contributed by atoms with Crippen molar-refractivity contribution in [3.63, 3.8) is 0 Å². The third-order valence-corrected chi connectivity index (χ3v) is 4.37. The first-order valence-electron chi connectivity index (χ1n) is 8.12. The molecule has 0 unspecified atom stereocenters. The van der Waals surface area contributed by atoms with Gasteiger partial charge < -0.3 is 19.6 Å². The number of amides is 2. The van der Waals surface area contributed by atoms with E-state index in [9.17, 15) is 4.79 Å². The number of hydrogen-bond donors (Lipinski definition) is 1. The fourth-order valence-electron chi connectivity index (χ4n) is 2.90. The SMILES string of the molecule is Cc1cccc(-c2noc(CNC(=O)N(C)[C@H]3CCN(C)C3)n2)c1. The fourth-order valence-corrected chi connectivity index (χ4v) is 2.90. The number of likely N-dealkylation sites (N-methyl/N-ethyl adjacent to an activating group) is 2. The minimum atomic E-state index is -0.120. The Kier molecular flexibility index (Phi) is 4.80. The lowest BCUT2D eigenvalue weighted by atomic mass is 10.1. The zero-order valence-electron chi connectivity index (χ0n) is 14.3. The number of urea groups is 1. The molecule has 7 heteroatoms. The number of hydrogen-bond acceptors (Lipinski definition) is 5. The molecule has 0 radical (unpaired) electrons. The molecule has 24 heavy (non-hydrogen) atoms. The summed E-state index contributed by atoms with van der Waals surface area (Å²) in [4.78, 5) is 20.6. The highest BCUT2D eigenvalue weighted by Gasteiger charge is 2.26. The molecule has 1 aliphatic rings. The van der Waals surface area contributed by atoms with Crippen molar-refractivity contribution in [3.8, 4) is 11.4 Å². The van der Waals surface area contributed by atoms with E-state index >= 15 is 0 Å². The number of carbonyl (C=O) groups excluding carboxylic acids is 1. The van der Waals surface area contributed by atoms with E-state index < -0.39 is 0 Å². The summed E-state index contributed by atoms with van der Waals surface area (Å²) >= 11 is 0. The van der Waals surface area contributed by atoms with Crippen molar-refractivity contribution < 1.29 is 9.32 Å². The third kappa shape index (κ3) is 3.73. The number of nitrogens with zero attached hydrogens (tertiary/aromatic N) is 4. The third-order valence-electron chi connectivity index (χ3n) is 4.37. The van der Waals surface area contributed by atoms with E-state index in [-0.39, 0.29) is 18.6 Å². The monoisotopic (exact) mass is 329 g/mol. The van der Waals surface area contributed by atoms with Crippen molar-refractivity contribution in [2.45, 2.75) is 25.9 Å². The molecule has 1 N–H and O–H groups in total. The van der Waals surface area contributed by atoms with Gasteiger partial charge in [0, 0.05) is 25.2 Å². The molecular weight excluding hydrogens is 306 g/mol. The van der Waals surface area contributed by atoms with Crippen LogP contribution in [0.4, 0.5) is 4.79 Å². The summed E-state index contributed by atoms with van der Waals surface area (Å²) in [5.41, 5.74) is 2.04. The van der Waals surface area contributed by atoms with Crippen LogP contribution in [-0.2, 0) is 6.54 Å². The Morgan fingerprint density at radius 1 is 1.50 bits per heavy atom. The van der Waals surface area contributed by atoms with Crippen LogP contribution in [0.2, 0.25) is 0 Å². The first-order chi connectivity index (χ1) is 11.5. The summed E-state index contributed by atoms with van der Waals surface area (Å²) in [6, 6.07) is 8.03. The zero-order valence-corrected chi connectivity index (χ0v) is 14.3. The quantitative estimate of drug-likeness (QED) is 0.927. The van der Waals surface area contributed by atoms with Gasteiger partial charge in [-0.1, -0.05) is 28.9 Å². The van der Waals surface area contributed by atoms with Crippen molar-refractivity contribution in [2.75, 3.05) is 27.2 Å². The Morgan fingerprint density at radius 3 is 3.04 bits per heavy atom. The minimum Gasteiger partial charge on any atom is -0.337 e. The first kappa shape index (κ1) is 16.4. The first-order valence-corrected chi connectivity index (χ1v) is 8.12. The maximum atomic E-state index is 12.2. The van der Waals surface area contributed by atoms with Crippen molar-refractivity contribution in [1.29, 1.82) is 0 Å². The largest absolute Gasteiger partial charge is 0.337 e. The lowest BCUT2D eigenvalue weighted by Gasteiger charge is -2.24. The van der Waals surface area contributed by atoms with E-state index in [2.05, 4.69) is 27.4 Å². The molecule has 3 rings (SSSR count). The average Bonchev–Trinajstić information content (AvgIpc) is 3.21. The lowest BCUT2D eigenvalue weighted by molar-refractivity contribution is 0.188. The molecule has 128 valence electrons. The van der Waals surface area contributed by atoms with Crippen LogP contribution in [0.3, 0.4) is 0 Å². The number of nitrogens with one attached hydrogen (secondary N) is 1. The smallest absolute Gasteiger partial charge is 0.317 e. The molecule has 2 heterocycles. The Labute approximate surface area is 141 Å². The van der Waals surface area contributed by atoms with E-state index in [1.165, 1.54) is 0 Å². The van der Waals surface area contributed by atoms with Gasteiger partial charge >= 0.3 is 6.03 Å². The van der Waals surface area contributed by atoms with Gasteiger partial charge in [0.25, 0.3) is 0 Å². The second-order valence-electron chi connectivity index (χ2n) is 6.36. The highest BCUT2D eigenvalue weighted by atomic mass is 16.5. The van der Waals surface area contributed by atoms with Crippen molar-refractivity contribution >= 4 is 6.03 Å². The Morgan fingerprint density at radius 2 is 2.33 bits per heavy atom. The van der Waals surface area contributed by atoms with Crippen LogP contribution in [0.5, 0.6) is 0 Å². The molecule has 1 saturated heterocycles. The summed E-state index contributed by atoms with van der Waals surface area (Å²) < 4.78 is 5.23. The normalized spacial score (nSPS) is 17.9. The maximum Gasteiger partial charge on any atom is 0.317 e. The van der Waals surface area contributed by atoms with E-state index in [1.807, 2.05) is 38.2 Å². The van der Waals surface area contributed by atoms with Gasteiger partial charge in [0.1, 0.15) is 0 Å². The predicted octanol–water partition coefficient (Wildman–Crippen LogP) is 1.89. The van der Waals surface area contributed by atoms with Crippen LogP contribution < -0.4 is 5.32 Å². The van der Waals surface area contributed by atoms with E-state index in [1.54, 1.807) is 4.90 Å². The number of benzene rings is 1. The number of aryl methyl sites for hydroxylation is 1. The summed E-state index contributed by atoms with van der Waals surface area (Å²) in [5, 5.41) is 6.82. The average molecular weight is 329 g/mol. The highest BCUT2D eigenvalue weighted by molar-refractivity contribution is 5.74. The summed E-state index contributed by atoms with van der Waals surface area (Å²) in [6.07, 6.45) is 0.998. The minimum absolute atomic E-state index is 0.120. The van der Waals surface area contributed by atoms with Crippen LogP contribution in [0.25, 0.3) is 11.4 Å². The summed E-state index contributed by atoms with van der Waals surface area (Å²) in [5.74, 6) is 0.936. The number of carbonyl (C=O) groups is 1. The van der Waals surface area contributed by atoms with Gasteiger partial charge in [0.2, 0.25) is 11.7 Å². The van der Waals surface area contributed by atoms with Gasteiger partial charge in [-0.15, -0.1) is 0 Å². The van der Waals surface area contributed by atoms with Crippen molar-refractivity contribution in [3.05, 3.63) is 35.7 Å². The molecule has 0 spiro atoms. The topological polar surface area (TPSA) is 74.5 Å². The number of aromatic nitrogens is 2. The van der Waals surface area contributed by atoms with E-state index in [0.29, 0.717) is 11.7 Å². The molecule has 0 aliphatic carbocycles. The standard InChI is InChI=1S/C17H23N5O2/c1-12-5-4-6-13(9-12)16-19-15(24-20-16)10-18-17(23)22(3)14-7-8-21(2)11-14/h4-6,9,14H,7-8,10-11H2,1-3H3,(H,18,23)/t14-/m0/s1. The van der Waals surface area contributed by atoms with Crippen LogP contribution >= 0.6 is 0 Å². The summed E-state index contributed by atoms with van der Waals surface area (Å²) in [7, 11) is 3.89. The molecule has 2 amide bonds. The molecule has 0 bridgehead atoms. The van der Waals surface area contributed by atoms with Gasteiger partial charge in [0.15, 0.2) is 0 Å². The maximum absolute atomic E-state index is 12.2. The molecule has 2 aromatic rings.